The van der Waals surface area contributed by atoms with Crippen LogP contribution in [0.3, 0.4) is 0 Å². The van der Waals surface area contributed by atoms with Crippen LogP contribution in [0.5, 0.6) is 0 Å². The number of hydrogen-bond acceptors (Lipinski definition) is 3. The first-order valence-corrected chi connectivity index (χ1v) is 10.4. The first-order valence-electron chi connectivity index (χ1n) is 8.64. The maximum Gasteiger partial charge on any atom is 0.226 e. The first-order chi connectivity index (χ1) is 12.1. The zero-order chi connectivity index (χ0) is 18.5. The summed E-state index contributed by atoms with van der Waals surface area (Å²) in [5, 5.41) is 9.78. The van der Waals surface area contributed by atoms with Crippen LogP contribution >= 0.6 is 23.4 Å². The number of halogens is 1. The zero-order valence-electron chi connectivity index (χ0n) is 15.3. The molecule has 0 saturated heterocycles. The Morgan fingerprint density at radius 1 is 1.28 bits per heavy atom. The van der Waals surface area contributed by atoms with Gasteiger partial charge >= 0.3 is 0 Å². The molecule has 1 aromatic rings. The van der Waals surface area contributed by atoms with E-state index in [4.69, 9.17) is 11.6 Å². The van der Waals surface area contributed by atoms with Crippen molar-refractivity contribution in [1.29, 1.82) is 0 Å². The third-order valence-electron chi connectivity index (χ3n) is 3.41. The molecule has 1 aromatic carbocycles. The number of carbonyl (C=O) groups is 1. The molecular weight excluding hydrogens is 356 g/mol. The lowest BCUT2D eigenvalue weighted by molar-refractivity contribution is -0.116. The van der Waals surface area contributed by atoms with Crippen molar-refractivity contribution in [1.82, 2.24) is 10.6 Å². The van der Waals surface area contributed by atoms with Gasteiger partial charge in [0.25, 0.3) is 0 Å². The molecule has 0 bridgehead atoms. The van der Waals surface area contributed by atoms with Crippen molar-refractivity contribution >= 4 is 40.9 Å². The standard InChI is InChI=1S/C18H29ClN4OS/c1-4-20-18(21-10-5-6-12-25-3)22-11-9-17(24)23-16-8-7-14(2)13-15(16)19/h7-8,13H,4-6,9-12H2,1-3H3,(H,23,24)(H2,20,21,22). The summed E-state index contributed by atoms with van der Waals surface area (Å²) in [6, 6.07) is 5.58. The normalized spacial score (nSPS) is 11.3. The molecule has 1 rings (SSSR count). The molecule has 3 N–H and O–H groups in total. The Morgan fingerprint density at radius 3 is 2.76 bits per heavy atom. The molecule has 0 spiro atoms. The molecule has 0 saturated carbocycles. The van der Waals surface area contributed by atoms with Gasteiger partial charge in [0.2, 0.25) is 5.91 Å². The number of benzene rings is 1. The van der Waals surface area contributed by atoms with Crippen LogP contribution in [0.4, 0.5) is 5.69 Å². The second-order valence-electron chi connectivity index (χ2n) is 5.67. The Bertz CT molecular complexity index is 566. The van der Waals surface area contributed by atoms with Gasteiger partial charge in [-0.25, -0.2) is 0 Å². The number of unbranched alkanes of at least 4 members (excludes halogenated alkanes) is 1. The molecule has 0 aromatic heterocycles. The van der Waals surface area contributed by atoms with E-state index in [-0.39, 0.29) is 5.91 Å². The molecule has 5 nitrogen and oxygen atoms in total. The summed E-state index contributed by atoms with van der Waals surface area (Å²) >= 11 is 7.99. The van der Waals surface area contributed by atoms with Gasteiger partial charge in [-0.1, -0.05) is 17.7 Å². The molecule has 0 atom stereocenters. The fraction of sp³-hybridized carbons (Fsp3) is 0.556. The third-order valence-corrected chi connectivity index (χ3v) is 4.42. The molecule has 0 aliphatic rings. The molecule has 0 fully saturated rings. The second kappa shape index (κ2) is 12.9. The number of rotatable bonds is 10. The topological polar surface area (TPSA) is 65.5 Å². The van der Waals surface area contributed by atoms with Crippen LogP contribution in [-0.4, -0.2) is 43.5 Å². The Labute approximate surface area is 160 Å². The zero-order valence-corrected chi connectivity index (χ0v) is 16.9. The van der Waals surface area contributed by atoms with Crippen molar-refractivity contribution in [3.05, 3.63) is 28.8 Å². The van der Waals surface area contributed by atoms with Gasteiger partial charge in [-0.15, -0.1) is 0 Å². The molecule has 25 heavy (non-hydrogen) atoms. The maximum absolute atomic E-state index is 12.0. The van der Waals surface area contributed by atoms with Crippen LogP contribution in [0, 0.1) is 6.92 Å². The number of aliphatic imine (C=N–C) groups is 1. The van der Waals surface area contributed by atoms with Crippen LogP contribution in [0.2, 0.25) is 5.02 Å². The molecule has 7 heteroatoms. The van der Waals surface area contributed by atoms with E-state index in [0.29, 0.717) is 23.7 Å². The van der Waals surface area contributed by atoms with Gasteiger partial charge < -0.3 is 16.0 Å². The van der Waals surface area contributed by atoms with Gasteiger partial charge in [0.05, 0.1) is 10.7 Å². The Morgan fingerprint density at radius 2 is 2.08 bits per heavy atom. The van der Waals surface area contributed by atoms with Crippen molar-refractivity contribution < 1.29 is 4.79 Å². The van der Waals surface area contributed by atoms with E-state index in [9.17, 15) is 4.79 Å². The van der Waals surface area contributed by atoms with Crippen LogP contribution in [-0.2, 0) is 4.79 Å². The quantitative estimate of drug-likeness (QED) is 0.327. The summed E-state index contributed by atoms with van der Waals surface area (Å²) in [4.78, 5) is 16.6. The summed E-state index contributed by atoms with van der Waals surface area (Å²) in [6.45, 7) is 6.09. The molecule has 0 heterocycles. The summed E-state index contributed by atoms with van der Waals surface area (Å²) in [5.41, 5.74) is 1.71. The van der Waals surface area contributed by atoms with E-state index < -0.39 is 0 Å². The fourth-order valence-corrected chi connectivity index (χ4v) is 2.89. The Balaban J connectivity index is 2.36. The second-order valence-corrected chi connectivity index (χ2v) is 7.06. The maximum atomic E-state index is 12.0. The molecule has 1 amide bonds. The molecule has 140 valence electrons. The van der Waals surface area contributed by atoms with Crippen molar-refractivity contribution in [2.75, 3.05) is 37.0 Å². The predicted octanol–water partition coefficient (Wildman–Crippen LogP) is 3.68. The monoisotopic (exact) mass is 384 g/mol. The Hall–Kier alpha value is -1.40. The van der Waals surface area contributed by atoms with Gasteiger partial charge in [0.1, 0.15) is 0 Å². The smallest absolute Gasteiger partial charge is 0.226 e. The minimum atomic E-state index is -0.0749. The van der Waals surface area contributed by atoms with Crippen molar-refractivity contribution in [3.8, 4) is 0 Å². The largest absolute Gasteiger partial charge is 0.357 e. The van der Waals surface area contributed by atoms with Gasteiger partial charge in [-0.05, 0) is 56.4 Å². The molecule has 0 radical (unpaired) electrons. The fourth-order valence-electron chi connectivity index (χ4n) is 2.12. The number of hydrogen-bond donors (Lipinski definition) is 3. The molecule has 0 aliphatic heterocycles. The summed E-state index contributed by atoms with van der Waals surface area (Å²) < 4.78 is 0. The SMILES string of the molecule is CCNC(=NCCCCSC)NCCC(=O)Nc1ccc(C)cc1Cl. The lowest BCUT2D eigenvalue weighted by Crippen LogP contribution is -2.38. The predicted molar refractivity (Wildman–Crippen MR) is 111 cm³/mol. The minimum absolute atomic E-state index is 0.0749. The van der Waals surface area contributed by atoms with Gasteiger partial charge in [-0.2, -0.15) is 11.8 Å². The van der Waals surface area contributed by atoms with Crippen LogP contribution in [0.1, 0.15) is 31.7 Å². The summed E-state index contributed by atoms with van der Waals surface area (Å²) in [5.74, 6) is 1.85. The lowest BCUT2D eigenvalue weighted by atomic mass is 10.2. The van der Waals surface area contributed by atoms with E-state index in [1.807, 2.05) is 43.8 Å². The average Bonchev–Trinajstić information content (AvgIpc) is 2.57. The summed E-state index contributed by atoms with van der Waals surface area (Å²) in [6.07, 6.45) is 4.71. The Kier molecular flexibility index (Phi) is 11.2. The van der Waals surface area contributed by atoms with Gasteiger partial charge in [0.15, 0.2) is 5.96 Å². The van der Waals surface area contributed by atoms with Gasteiger partial charge in [0, 0.05) is 26.1 Å². The number of anilines is 1. The summed E-state index contributed by atoms with van der Waals surface area (Å²) in [7, 11) is 0. The van der Waals surface area contributed by atoms with Crippen molar-refractivity contribution in [3.63, 3.8) is 0 Å². The van der Waals surface area contributed by atoms with E-state index in [2.05, 4.69) is 27.2 Å². The molecular formula is C18H29ClN4OS. The average molecular weight is 385 g/mol. The van der Waals surface area contributed by atoms with E-state index in [0.717, 1.165) is 31.0 Å². The van der Waals surface area contributed by atoms with Crippen LogP contribution < -0.4 is 16.0 Å². The number of carbonyl (C=O) groups excluding carboxylic acids is 1. The van der Waals surface area contributed by atoms with E-state index in [1.165, 1.54) is 12.2 Å². The van der Waals surface area contributed by atoms with Crippen molar-refractivity contribution in [2.24, 2.45) is 4.99 Å². The van der Waals surface area contributed by atoms with Gasteiger partial charge in [-0.3, -0.25) is 9.79 Å². The third kappa shape index (κ3) is 9.60. The number of amides is 1. The first kappa shape index (κ1) is 21.6. The van der Waals surface area contributed by atoms with E-state index in [1.54, 1.807) is 0 Å². The van der Waals surface area contributed by atoms with Crippen LogP contribution in [0.15, 0.2) is 23.2 Å². The highest BCUT2D eigenvalue weighted by Gasteiger charge is 2.06. The molecule has 0 aliphatic carbocycles. The van der Waals surface area contributed by atoms with Crippen LogP contribution in [0.25, 0.3) is 0 Å². The van der Waals surface area contributed by atoms with E-state index >= 15 is 0 Å². The number of nitrogens with zero attached hydrogens (tertiary/aromatic N) is 1. The highest BCUT2D eigenvalue weighted by atomic mass is 35.5. The molecule has 0 unspecified atom stereocenters. The lowest BCUT2D eigenvalue weighted by Gasteiger charge is -2.12. The minimum Gasteiger partial charge on any atom is -0.357 e. The number of nitrogens with one attached hydrogen (secondary N) is 3. The number of guanidine groups is 1. The van der Waals surface area contributed by atoms with Crippen molar-refractivity contribution in [2.45, 2.75) is 33.1 Å². The number of thioether (sulfide) groups is 1. The number of aryl methyl sites for hydroxylation is 1. The highest BCUT2D eigenvalue weighted by molar-refractivity contribution is 7.98. The highest BCUT2D eigenvalue weighted by Crippen LogP contribution is 2.22.